The number of ether oxygens (including phenoxy) is 1. The van der Waals surface area contributed by atoms with E-state index < -0.39 is 0 Å². The number of rotatable bonds is 4. The van der Waals surface area contributed by atoms with Crippen molar-refractivity contribution in [2.45, 2.75) is 6.92 Å². The lowest BCUT2D eigenvalue weighted by atomic mass is 10.2. The van der Waals surface area contributed by atoms with Crippen LogP contribution in [0.5, 0.6) is 5.75 Å². The Hall–Kier alpha value is -2.27. The second-order valence-electron chi connectivity index (χ2n) is 4.43. The molecule has 0 radical (unpaired) electrons. The van der Waals surface area contributed by atoms with Gasteiger partial charge in [-0.2, -0.15) is 0 Å². The normalized spacial score (nSPS) is 10.1. The molecule has 0 saturated heterocycles. The molecule has 2 rings (SSSR count). The fourth-order valence-electron chi connectivity index (χ4n) is 1.85. The predicted molar refractivity (Wildman–Crippen MR) is 84.5 cm³/mol. The lowest BCUT2D eigenvalue weighted by Crippen LogP contribution is -2.13. The van der Waals surface area contributed by atoms with Crippen molar-refractivity contribution in [2.75, 3.05) is 24.8 Å². The van der Waals surface area contributed by atoms with Gasteiger partial charge < -0.3 is 15.4 Å². The summed E-state index contributed by atoms with van der Waals surface area (Å²) >= 11 is 6.08. The van der Waals surface area contributed by atoms with Gasteiger partial charge in [0.2, 0.25) is 0 Å². The predicted octanol–water partition coefficient (Wildman–Crippen LogP) is 3.35. The van der Waals surface area contributed by atoms with Crippen LogP contribution in [0.1, 0.15) is 16.1 Å². The summed E-state index contributed by atoms with van der Waals surface area (Å²) in [6, 6.07) is 8.47. The topological polar surface area (TPSA) is 63.2 Å². The summed E-state index contributed by atoms with van der Waals surface area (Å²) in [5.41, 5.74) is 1.76. The number of aromatic nitrogens is 1. The summed E-state index contributed by atoms with van der Waals surface area (Å²) < 4.78 is 5.12. The molecule has 0 aliphatic heterocycles. The van der Waals surface area contributed by atoms with E-state index in [9.17, 15) is 4.79 Å². The van der Waals surface area contributed by atoms with Gasteiger partial charge in [-0.05, 0) is 31.2 Å². The first-order chi connectivity index (χ1) is 10.0. The van der Waals surface area contributed by atoms with E-state index in [0.717, 1.165) is 5.69 Å². The van der Waals surface area contributed by atoms with Crippen LogP contribution in [0.4, 0.5) is 11.5 Å². The van der Waals surface area contributed by atoms with Gasteiger partial charge >= 0.3 is 0 Å². The van der Waals surface area contributed by atoms with Crippen molar-refractivity contribution in [3.05, 3.63) is 46.6 Å². The number of methoxy groups -OCH3 is 1. The molecule has 6 heteroatoms. The van der Waals surface area contributed by atoms with Crippen LogP contribution >= 0.6 is 11.6 Å². The average Bonchev–Trinajstić information content (AvgIpc) is 2.48. The number of aryl methyl sites for hydroxylation is 1. The molecule has 0 bridgehead atoms. The largest absolute Gasteiger partial charge is 0.497 e. The Morgan fingerprint density at radius 2 is 2.05 bits per heavy atom. The second kappa shape index (κ2) is 6.45. The van der Waals surface area contributed by atoms with E-state index in [0.29, 0.717) is 27.8 Å². The number of hydrogen-bond acceptors (Lipinski definition) is 4. The Morgan fingerprint density at radius 1 is 1.29 bits per heavy atom. The van der Waals surface area contributed by atoms with Crippen molar-refractivity contribution in [1.29, 1.82) is 0 Å². The van der Waals surface area contributed by atoms with Crippen LogP contribution in [0.3, 0.4) is 0 Å². The SMILES string of the molecule is CNc1cc(C(=O)Nc2cc(OC)ccc2Cl)cc(C)n1. The molecule has 5 nitrogen and oxygen atoms in total. The quantitative estimate of drug-likeness (QED) is 0.909. The molecule has 1 amide bonds. The van der Waals surface area contributed by atoms with Gasteiger partial charge in [-0.25, -0.2) is 4.98 Å². The Balaban J connectivity index is 2.27. The number of benzene rings is 1. The summed E-state index contributed by atoms with van der Waals surface area (Å²) in [6.45, 7) is 1.83. The number of hydrogen-bond donors (Lipinski definition) is 2. The number of carbonyl (C=O) groups is 1. The average molecular weight is 306 g/mol. The third-order valence-electron chi connectivity index (χ3n) is 2.89. The number of carbonyl (C=O) groups excluding carboxylic acids is 1. The van der Waals surface area contributed by atoms with E-state index in [-0.39, 0.29) is 5.91 Å². The Bertz CT molecular complexity index is 674. The number of nitrogens with zero attached hydrogens (tertiary/aromatic N) is 1. The van der Waals surface area contributed by atoms with E-state index in [1.54, 1.807) is 44.5 Å². The Morgan fingerprint density at radius 3 is 2.71 bits per heavy atom. The highest BCUT2D eigenvalue weighted by Crippen LogP contribution is 2.27. The van der Waals surface area contributed by atoms with Crippen molar-refractivity contribution in [1.82, 2.24) is 4.98 Å². The van der Waals surface area contributed by atoms with Crippen LogP contribution in [0.25, 0.3) is 0 Å². The minimum atomic E-state index is -0.257. The first-order valence-electron chi connectivity index (χ1n) is 6.35. The van der Waals surface area contributed by atoms with Crippen molar-refractivity contribution in [3.8, 4) is 5.75 Å². The summed E-state index contributed by atoms with van der Waals surface area (Å²) in [5, 5.41) is 6.14. The minimum Gasteiger partial charge on any atom is -0.497 e. The summed E-state index contributed by atoms with van der Waals surface area (Å²) in [4.78, 5) is 16.6. The van der Waals surface area contributed by atoms with E-state index in [1.807, 2.05) is 6.92 Å². The Labute approximate surface area is 128 Å². The third-order valence-corrected chi connectivity index (χ3v) is 3.22. The fraction of sp³-hybridized carbons (Fsp3) is 0.200. The first-order valence-corrected chi connectivity index (χ1v) is 6.72. The van der Waals surface area contributed by atoms with Crippen LogP contribution in [-0.4, -0.2) is 25.0 Å². The van der Waals surface area contributed by atoms with Crippen LogP contribution in [0.15, 0.2) is 30.3 Å². The maximum atomic E-state index is 12.3. The molecule has 2 aromatic rings. The number of pyridine rings is 1. The molecular weight excluding hydrogens is 290 g/mol. The monoisotopic (exact) mass is 305 g/mol. The lowest BCUT2D eigenvalue weighted by Gasteiger charge is -2.10. The first kappa shape index (κ1) is 15.1. The highest BCUT2D eigenvalue weighted by Gasteiger charge is 2.11. The molecule has 0 spiro atoms. The number of amides is 1. The maximum absolute atomic E-state index is 12.3. The van der Waals surface area contributed by atoms with Gasteiger partial charge in [0, 0.05) is 24.4 Å². The van der Waals surface area contributed by atoms with Gasteiger partial charge in [0.05, 0.1) is 17.8 Å². The number of nitrogens with one attached hydrogen (secondary N) is 2. The third kappa shape index (κ3) is 3.64. The summed E-state index contributed by atoms with van der Waals surface area (Å²) in [7, 11) is 3.31. The zero-order valence-electron chi connectivity index (χ0n) is 12.0. The highest BCUT2D eigenvalue weighted by atomic mass is 35.5. The molecule has 110 valence electrons. The zero-order valence-corrected chi connectivity index (χ0v) is 12.8. The van der Waals surface area contributed by atoms with Gasteiger partial charge in [-0.15, -0.1) is 0 Å². The second-order valence-corrected chi connectivity index (χ2v) is 4.84. The maximum Gasteiger partial charge on any atom is 0.255 e. The van der Waals surface area contributed by atoms with Gasteiger partial charge in [-0.1, -0.05) is 11.6 Å². The van der Waals surface area contributed by atoms with E-state index in [4.69, 9.17) is 16.3 Å². The number of halogens is 1. The van der Waals surface area contributed by atoms with Crippen molar-refractivity contribution >= 4 is 29.0 Å². The highest BCUT2D eigenvalue weighted by molar-refractivity contribution is 6.34. The standard InChI is InChI=1S/C15H16ClN3O2/c1-9-6-10(7-14(17-2)18-9)15(20)19-13-8-11(21-3)4-5-12(13)16/h4-8H,1-3H3,(H,17,18)(H,19,20). The molecule has 1 aromatic carbocycles. The van der Waals surface area contributed by atoms with Crippen molar-refractivity contribution < 1.29 is 9.53 Å². The lowest BCUT2D eigenvalue weighted by molar-refractivity contribution is 0.102. The van der Waals surface area contributed by atoms with E-state index in [1.165, 1.54) is 0 Å². The van der Waals surface area contributed by atoms with Gasteiger partial charge in [-0.3, -0.25) is 4.79 Å². The zero-order chi connectivity index (χ0) is 15.4. The van der Waals surface area contributed by atoms with Crippen LogP contribution < -0.4 is 15.4 Å². The molecule has 21 heavy (non-hydrogen) atoms. The molecule has 0 saturated carbocycles. The minimum absolute atomic E-state index is 0.257. The molecule has 0 atom stereocenters. The molecule has 0 fully saturated rings. The smallest absolute Gasteiger partial charge is 0.255 e. The molecule has 1 heterocycles. The van der Waals surface area contributed by atoms with Gasteiger partial charge in [0.25, 0.3) is 5.91 Å². The van der Waals surface area contributed by atoms with Crippen LogP contribution in [0, 0.1) is 6.92 Å². The Kier molecular flexibility index (Phi) is 4.65. The summed E-state index contributed by atoms with van der Waals surface area (Å²) in [6.07, 6.45) is 0. The van der Waals surface area contributed by atoms with Crippen LogP contribution in [-0.2, 0) is 0 Å². The number of anilines is 2. The van der Waals surface area contributed by atoms with E-state index in [2.05, 4.69) is 15.6 Å². The molecule has 1 aromatic heterocycles. The van der Waals surface area contributed by atoms with Crippen molar-refractivity contribution in [2.24, 2.45) is 0 Å². The van der Waals surface area contributed by atoms with Crippen molar-refractivity contribution in [3.63, 3.8) is 0 Å². The fourth-order valence-corrected chi connectivity index (χ4v) is 2.01. The summed E-state index contributed by atoms with van der Waals surface area (Å²) in [5.74, 6) is 1.00. The molecular formula is C15H16ClN3O2. The van der Waals surface area contributed by atoms with Gasteiger partial charge in [0.1, 0.15) is 11.6 Å². The molecule has 0 unspecified atom stereocenters. The van der Waals surface area contributed by atoms with Crippen LogP contribution in [0.2, 0.25) is 5.02 Å². The molecule has 0 aliphatic carbocycles. The van der Waals surface area contributed by atoms with Gasteiger partial charge in [0.15, 0.2) is 0 Å². The molecule has 0 aliphatic rings. The molecule has 2 N–H and O–H groups in total. The van der Waals surface area contributed by atoms with E-state index >= 15 is 0 Å².